The molecular formula is C16H27PS. The lowest BCUT2D eigenvalue weighted by molar-refractivity contribution is 0.977. The second-order valence-corrected chi connectivity index (χ2v) is 10.6. The quantitative estimate of drug-likeness (QED) is 0.471. The van der Waals surface area contributed by atoms with Crippen LogP contribution in [0.1, 0.15) is 40.2 Å². The minimum atomic E-state index is 0.159. The third-order valence-corrected chi connectivity index (χ3v) is 8.14. The fraction of sp³-hybridized carbons (Fsp3) is 0.625. The fourth-order valence-electron chi connectivity index (χ4n) is 2.20. The van der Waals surface area contributed by atoms with Crippen LogP contribution < -0.4 is 0 Å². The lowest BCUT2D eigenvalue weighted by atomic mass is 10.2. The third-order valence-electron chi connectivity index (χ3n) is 3.15. The summed E-state index contributed by atoms with van der Waals surface area (Å²) in [5, 5.41) is 0.726. The average molecular weight is 282 g/mol. The van der Waals surface area contributed by atoms with Crippen molar-refractivity contribution in [3.05, 3.63) is 29.8 Å². The number of aryl methyl sites for hydroxylation is 1. The smallest absolute Gasteiger partial charge is 0.0105 e. The van der Waals surface area contributed by atoms with E-state index in [1.165, 1.54) is 16.6 Å². The van der Waals surface area contributed by atoms with E-state index in [4.69, 9.17) is 0 Å². The van der Waals surface area contributed by atoms with Gasteiger partial charge in [-0.1, -0.05) is 52.3 Å². The van der Waals surface area contributed by atoms with Crippen molar-refractivity contribution in [3.63, 3.8) is 0 Å². The Labute approximate surface area is 119 Å². The fourth-order valence-corrected chi connectivity index (χ4v) is 6.40. The van der Waals surface area contributed by atoms with Crippen LogP contribution in [0.25, 0.3) is 0 Å². The van der Waals surface area contributed by atoms with Crippen LogP contribution in [-0.4, -0.2) is 22.7 Å². The largest absolute Gasteiger partial charge is 0.123 e. The molecule has 0 amide bonds. The Balaban J connectivity index is 2.54. The summed E-state index contributed by atoms with van der Waals surface area (Å²) in [6.45, 7) is 14.1. The molecule has 0 aliphatic heterocycles. The molecular weight excluding hydrogens is 255 g/mol. The molecule has 18 heavy (non-hydrogen) atoms. The molecule has 1 unspecified atom stereocenters. The Morgan fingerprint density at radius 2 is 1.44 bits per heavy atom. The van der Waals surface area contributed by atoms with Gasteiger partial charge in [0, 0.05) is 10.1 Å². The lowest BCUT2D eigenvalue weighted by Gasteiger charge is -2.28. The van der Waals surface area contributed by atoms with Crippen molar-refractivity contribution >= 4 is 19.7 Å². The average Bonchev–Trinajstić information content (AvgIpc) is 2.28. The number of hydrogen-bond donors (Lipinski definition) is 0. The van der Waals surface area contributed by atoms with Gasteiger partial charge in [0.05, 0.1) is 0 Å². The molecule has 1 rings (SSSR count). The second-order valence-electron chi connectivity index (χ2n) is 5.63. The Morgan fingerprint density at radius 3 is 1.89 bits per heavy atom. The van der Waals surface area contributed by atoms with E-state index in [1.807, 2.05) is 11.8 Å². The number of hydrogen-bond acceptors (Lipinski definition) is 1. The first-order chi connectivity index (χ1) is 8.40. The van der Waals surface area contributed by atoms with Crippen LogP contribution in [-0.2, 0) is 0 Å². The maximum absolute atomic E-state index is 2.38. The van der Waals surface area contributed by atoms with Gasteiger partial charge in [-0.25, -0.2) is 0 Å². The minimum Gasteiger partial charge on any atom is -0.123 e. The zero-order valence-corrected chi connectivity index (χ0v) is 14.3. The summed E-state index contributed by atoms with van der Waals surface area (Å²) in [6.07, 6.45) is 1.38. The van der Waals surface area contributed by atoms with Gasteiger partial charge in [-0.2, -0.15) is 0 Å². The van der Waals surface area contributed by atoms with Gasteiger partial charge in [-0.3, -0.25) is 0 Å². The molecule has 0 fully saturated rings. The summed E-state index contributed by atoms with van der Waals surface area (Å²) in [5.74, 6) is 0. The van der Waals surface area contributed by atoms with Gasteiger partial charge in [-0.05, 0) is 36.5 Å². The summed E-state index contributed by atoms with van der Waals surface area (Å²) in [6, 6.07) is 8.93. The summed E-state index contributed by atoms with van der Waals surface area (Å²) >= 11 is 2.03. The van der Waals surface area contributed by atoms with Crippen LogP contribution in [0.2, 0.25) is 0 Å². The predicted molar refractivity (Wildman–Crippen MR) is 88.6 cm³/mol. The van der Waals surface area contributed by atoms with Crippen LogP contribution in [0.4, 0.5) is 0 Å². The number of benzene rings is 1. The molecule has 2 heteroatoms. The SMILES string of the molecule is Cc1ccc(SC(C)CP(C(C)C)C(C)C)cc1. The summed E-state index contributed by atoms with van der Waals surface area (Å²) in [7, 11) is 0.159. The molecule has 0 nitrogen and oxygen atoms in total. The van der Waals surface area contributed by atoms with E-state index in [9.17, 15) is 0 Å². The Hall–Kier alpha value is -0.0000000000000000555. The van der Waals surface area contributed by atoms with E-state index in [0.717, 1.165) is 16.6 Å². The molecule has 0 N–H and O–H groups in total. The highest BCUT2D eigenvalue weighted by Crippen LogP contribution is 2.48. The normalized spacial score (nSPS) is 13.6. The topological polar surface area (TPSA) is 0 Å². The van der Waals surface area contributed by atoms with Crippen LogP contribution in [0.3, 0.4) is 0 Å². The van der Waals surface area contributed by atoms with E-state index >= 15 is 0 Å². The van der Waals surface area contributed by atoms with Gasteiger partial charge >= 0.3 is 0 Å². The molecule has 0 radical (unpaired) electrons. The van der Waals surface area contributed by atoms with Crippen LogP contribution in [0.15, 0.2) is 29.2 Å². The standard InChI is InChI=1S/C16H27PS/c1-12(2)17(13(3)4)11-15(6)18-16-9-7-14(5)8-10-16/h7-10,12-13,15H,11H2,1-6H3. The van der Waals surface area contributed by atoms with E-state index in [-0.39, 0.29) is 7.92 Å². The number of thioether (sulfide) groups is 1. The van der Waals surface area contributed by atoms with Crippen LogP contribution in [0.5, 0.6) is 0 Å². The maximum atomic E-state index is 2.38. The molecule has 0 saturated carbocycles. The zero-order valence-electron chi connectivity index (χ0n) is 12.6. The van der Waals surface area contributed by atoms with Crippen molar-refractivity contribution in [1.29, 1.82) is 0 Å². The highest BCUT2D eigenvalue weighted by molar-refractivity contribution is 8.00. The molecule has 0 aliphatic carbocycles. The van der Waals surface area contributed by atoms with E-state index in [1.54, 1.807) is 0 Å². The Morgan fingerprint density at radius 1 is 0.944 bits per heavy atom. The van der Waals surface area contributed by atoms with E-state index in [2.05, 4.69) is 65.8 Å². The van der Waals surface area contributed by atoms with Gasteiger partial charge in [-0.15, -0.1) is 19.7 Å². The van der Waals surface area contributed by atoms with Crippen molar-refractivity contribution in [2.45, 2.75) is 63.0 Å². The van der Waals surface area contributed by atoms with Crippen molar-refractivity contribution in [2.75, 3.05) is 6.16 Å². The monoisotopic (exact) mass is 282 g/mol. The molecule has 1 aromatic carbocycles. The first-order valence-electron chi connectivity index (χ1n) is 6.89. The Bertz CT molecular complexity index is 335. The summed E-state index contributed by atoms with van der Waals surface area (Å²) < 4.78 is 0. The van der Waals surface area contributed by atoms with E-state index < -0.39 is 0 Å². The van der Waals surface area contributed by atoms with Gasteiger partial charge in [0.15, 0.2) is 0 Å². The van der Waals surface area contributed by atoms with E-state index in [0.29, 0.717) is 0 Å². The lowest BCUT2D eigenvalue weighted by Crippen LogP contribution is -2.13. The van der Waals surface area contributed by atoms with Crippen LogP contribution >= 0.6 is 19.7 Å². The molecule has 1 atom stereocenters. The van der Waals surface area contributed by atoms with Gasteiger partial charge < -0.3 is 0 Å². The second kappa shape index (κ2) is 7.56. The molecule has 0 spiro atoms. The predicted octanol–water partition coefficient (Wildman–Crippen LogP) is 5.77. The molecule has 0 aliphatic rings. The maximum Gasteiger partial charge on any atom is 0.0105 e. The molecule has 0 bridgehead atoms. The first-order valence-corrected chi connectivity index (χ1v) is 9.43. The molecule has 0 saturated heterocycles. The molecule has 102 valence electrons. The zero-order chi connectivity index (χ0) is 13.7. The molecule has 0 aromatic heterocycles. The van der Waals surface area contributed by atoms with Crippen molar-refractivity contribution in [1.82, 2.24) is 0 Å². The minimum absolute atomic E-state index is 0.159. The third kappa shape index (κ3) is 5.33. The number of rotatable bonds is 6. The van der Waals surface area contributed by atoms with Gasteiger partial charge in [0.1, 0.15) is 0 Å². The van der Waals surface area contributed by atoms with Gasteiger partial charge in [0.25, 0.3) is 0 Å². The highest BCUT2D eigenvalue weighted by Gasteiger charge is 2.19. The summed E-state index contributed by atoms with van der Waals surface area (Å²) in [4.78, 5) is 1.41. The van der Waals surface area contributed by atoms with Crippen LogP contribution in [0, 0.1) is 6.92 Å². The summed E-state index contributed by atoms with van der Waals surface area (Å²) in [5.41, 5.74) is 3.04. The molecule has 1 aromatic rings. The van der Waals surface area contributed by atoms with Crippen molar-refractivity contribution in [3.8, 4) is 0 Å². The van der Waals surface area contributed by atoms with Gasteiger partial charge in [0.2, 0.25) is 0 Å². The molecule has 0 heterocycles. The van der Waals surface area contributed by atoms with Crippen molar-refractivity contribution < 1.29 is 0 Å². The van der Waals surface area contributed by atoms with Crippen molar-refractivity contribution in [2.24, 2.45) is 0 Å². The Kier molecular flexibility index (Phi) is 6.74. The highest BCUT2D eigenvalue weighted by atomic mass is 32.2. The first kappa shape index (κ1) is 16.1.